The van der Waals surface area contributed by atoms with Gasteiger partial charge < -0.3 is 25.8 Å². The highest BCUT2D eigenvalue weighted by atomic mass is 16.7. The van der Waals surface area contributed by atoms with Crippen molar-refractivity contribution in [3.63, 3.8) is 0 Å². The van der Waals surface area contributed by atoms with Crippen LogP contribution in [0, 0.1) is 5.41 Å². The molecule has 1 atom stereocenters. The molecule has 1 heterocycles. The lowest BCUT2D eigenvalue weighted by atomic mass is 10.0. The molecule has 5 N–H and O–H groups in total. The molecule has 0 spiro atoms. The first-order valence-corrected chi connectivity index (χ1v) is 9.47. The van der Waals surface area contributed by atoms with Crippen LogP contribution in [0.15, 0.2) is 72.8 Å². The fourth-order valence-electron chi connectivity index (χ4n) is 3.53. The molecule has 1 amide bonds. The van der Waals surface area contributed by atoms with Crippen molar-refractivity contribution in [2.24, 2.45) is 11.5 Å². The highest BCUT2D eigenvalue weighted by molar-refractivity contribution is 5.95. The molecule has 1 aliphatic heterocycles. The average Bonchev–Trinajstić information content (AvgIpc) is 3.22. The number of hydrogen-bond acceptors (Lipinski definition) is 5. The van der Waals surface area contributed by atoms with E-state index in [0.29, 0.717) is 29.2 Å². The summed E-state index contributed by atoms with van der Waals surface area (Å²) in [4.78, 5) is 14.6. The van der Waals surface area contributed by atoms with E-state index in [-0.39, 0.29) is 12.6 Å². The number of nitrogens with one attached hydrogen (secondary N) is 1. The van der Waals surface area contributed by atoms with Crippen LogP contribution >= 0.6 is 0 Å². The maximum atomic E-state index is 12.6. The maximum Gasteiger partial charge on any atom is 0.244 e. The first-order chi connectivity index (χ1) is 14.5. The summed E-state index contributed by atoms with van der Waals surface area (Å²) in [5.41, 5.74) is 14.6. The third kappa shape index (κ3) is 3.91. The number of anilines is 1. The van der Waals surface area contributed by atoms with Crippen molar-refractivity contribution in [2.75, 3.05) is 11.7 Å². The number of nitrogens with zero attached hydrogens (tertiary/aromatic N) is 1. The van der Waals surface area contributed by atoms with Crippen LogP contribution in [0.5, 0.6) is 11.5 Å². The van der Waals surface area contributed by atoms with Crippen molar-refractivity contribution in [3.8, 4) is 11.5 Å². The summed E-state index contributed by atoms with van der Waals surface area (Å²) in [5.74, 6) is 0.728. The molecule has 0 fully saturated rings. The SMILES string of the molecule is N=C(N)c1ccc(N(Cc2ccccc2)C(C(N)=O)c2ccc3c(c2)OCO3)cc1. The minimum Gasteiger partial charge on any atom is -0.454 e. The van der Waals surface area contributed by atoms with E-state index in [4.69, 9.17) is 26.4 Å². The van der Waals surface area contributed by atoms with Gasteiger partial charge in [0.25, 0.3) is 0 Å². The minimum absolute atomic E-state index is 0.0154. The zero-order valence-corrected chi connectivity index (χ0v) is 16.2. The van der Waals surface area contributed by atoms with Gasteiger partial charge in [-0.2, -0.15) is 0 Å². The van der Waals surface area contributed by atoms with Gasteiger partial charge in [-0.25, -0.2) is 0 Å². The fraction of sp³-hybridized carbons (Fsp3) is 0.130. The molecule has 3 aromatic carbocycles. The fourth-order valence-corrected chi connectivity index (χ4v) is 3.53. The van der Waals surface area contributed by atoms with Crippen molar-refractivity contribution >= 4 is 17.4 Å². The summed E-state index contributed by atoms with van der Waals surface area (Å²) in [6, 6.07) is 21.7. The van der Waals surface area contributed by atoms with Crippen LogP contribution in [0.1, 0.15) is 22.7 Å². The van der Waals surface area contributed by atoms with Crippen LogP contribution in [0.3, 0.4) is 0 Å². The van der Waals surface area contributed by atoms with Crippen LogP contribution in [0.25, 0.3) is 0 Å². The number of primary amides is 1. The summed E-state index contributed by atoms with van der Waals surface area (Å²) >= 11 is 0. The van der Waals surface area contributed by atoms with E-state index < -0.39 is 11.9 Å². The second kappa shape index (κ2) is 8.16. The quantitative estimate of drug-likeness (QED) is 0.415. The van der Waals surface area contributed by atoms with Crippen molar-refractivity contribution < 1.29 is 14.3 Å². The Labute approximate surface area is 174 Å². The number of amides is 1. The summed E-state index contributed by atoms with van der Waals surface area (Å²) in [5, 5.41) is 7.61. The van der Waals surface area contributed by atoms with Crippen LogP contribution in [-0.4, -0.2) is 18.5 Å². The van der Waals surface area contributed by atoms with Gasteiger partial charge in [0.2, 0.25) is 12.7 Å². The van der Waals surface area contributed by atoms with E-state index in [1.54, 1.807) is 24.3 Å². The predicted molar refractivity (Wildman–Crippen MR) is 115 cm³/mol. The van der Waals surface area contributed by atoms with Crippen molar-refractivity contribution in [1.82, 2.24) is 0 Å². The Bertz CT molecular complexity index is 1070. The number of fused-ring (bicyclic) bond motifs is 1. The molecule has 1 aliphatic rings. The standard InChI is InChI=1S/C23H22N4O3/c24-22(25)16-6-9-18(10-7-16)27(13-15-4-2-1-3-5-15)21(23(26)28)17-8-11-19-20(12-17)30-14-29-19/h1-12,21H,13-14H2,(H3,24,25)(H2,26,28). The van der Waals surface area contributed by atoms with Crippen LogP contribution in [-0.2, 0) is 11.3 Å². The Kier molecular flexibility index (Phi) is 5.26. The molecule has 0 aromatic heterocycles. The number of nitrogen functional groups attached to an aromatic ring is 1. The number of nitrogens with two attached hydrogens (primary N) is 2. The molecule has 0 saturated carbocycles. The van der Waals surface area contributed by atoms with Crippen LogP contribution in [0.2, 0.25) is 0 Å². The Morgan fingerprint density at radius 3 is 2.33 bits per heavy atom. The van der Waals surface area contributed by atoms with Crippen molar-refractivity contribution in [1.29, 1.82) is 5.41 Å². The molecule has 30 heavy (non-hydrogen) atoms. The second-order valence-corrected chi connectivity index (χ2v) is 6.99. The molecule has 0 bridgehead atoms. The third-order valence-electron chi connectivity index (χ3n) is 5.00. The van der Waals surface area contributed by atoms with Gasteiger partial charge in [-0.3, -0.25) is 10.2 Å². The molecule has 0 radical (unpaired) electrons. The van der Waals surface area contributed by atoms with Gasteiger partial charge >= 0.3 is 0 Å². The number of hydrogen-bond donors (Lipinski definition) is 3. The van der Waals surface area contributed by atoms with E-state index in [1.165, 1.54) is 0 Å². The first kappa shape index (κ1) is 19.3. The maximum absolute atomic E-state index is 12.6. The monoisotopic (exact) mass is 402 g/mol. The van der Waals surface area contributed by atoms with E-state index in [1.807, 2.05) is 53.4 Å². The molecule has 1 unspecified atom stereocenters. The summed E-state index contributed by atoms with van der Waals surface area (Å²) in [6.45, 7) is 0.614. The van der Waals surface area contributed by atoms with E-state index in [2.05, 4.69) is 0 Å². The van der Waals surface area contributed by atoms with E-state index in [0.717, 1.165) is 11.3 Å². The largest absolute Gasteiger partial charge is 0.454 e. The van der Waals surface area contributed by atoms with E-state index in [9.17, 15) is 4.79 Å². The van der Waals surface area contributed by atoms with Crippen LogP contribution in [0.4, 0.5) is 5.69 Å². The highest BCUT2D eigenvalue weighted by Gasteiger charge is 2.28. The Morgan fingerprint density at radius 2 is 1.67 bits per heavy atom. The van der Waals surface area contributed by atoms with E-state index >= 15 is 0 Å². The second-order valence-electron chi connectivity index (χ2n) is 6.99. The van der Waals surface area contributed by atoms with Crippen LogP contribution < -0.4 is 25.8 Å². The van der Waals surface area contributed by atoms with Gasteiger partial charge in [-0.15, -0.1) is 0 Å². The van der Waals surface area contributed by atoms with Gasteiger partial charge in [-0.05, 0) is 47.5 Å². The number of benzene rings is 3. The Hall–Kier alpha value is -4.00. The lowest BCUT2D eigenvalue weighted by Crippen LogP contribution is -2.37. The van der Waals surface area contributed by atoms with Crippen molar-refractivity contribution in [2.45, 2.75) is 12.6 Å². The average molecular weight is 402 g/mol. The van der Waals surface area contributed by atoms with Crippen molar-refractivity contribution in [3.05, 3.63) is 89.5 Å². The molecular weight excluding hydrogens is 380 g/mol. The first-order valence-electron chi connectivity index (χ1n) is 9.47. The molecule has 3 aromatic rings. The molecular formula is C23H22N4O3. The zero-order valence-electron chi connectivity index (χ0n) is 16.2. The molecule has 7 nitrogen and oxygen atoms in total. The third-order valence-corrected chi connectivity index (χ3v) is 5.00. The number of amidine groups is 1. The zero-order chi connectivity index (χ0) is 21.1. The summed E-state index contributed by atoms with van der Waals surface area (Å²) < 4.78 is 10.9. The molecule has 4 rings (SSSR count). The number of carbonyl (C=O) groups is 1. The van der Waals surface area contributed by atoms with Gasteiger partial charge in [0, 0.05) is 17.8 Å². The Balaban J connectivity index is 1.77. The predicted octanol–water partition coefficient (Wildman–Crippen LogP) is 2.93. The molecule has 0 saturated heterocycles. The summed E-state index contributed by atoms with van der Waals surface area (Å²) in [6.07, 6.45) is 0. The number of ether oxygens (including phenoxy) is 2. The molecule has 0 aliphatic carbocycles. The molecule has 152 valence electrons. The van der Waals surface area contributed by atoms with Gasteiger partial charge in [0.1, 0.15) is 11.9 Å². The minimum atomic E-state index is -0.733. The summed E-state index contributed by atoms with van der Waals surface area (Å²) in [7, 11) is 0. The van der Waals surface area contributed by atoms with Gasteiger partial charge in [-0.1, -0.05) is 36.4 Å². The number of carbonyl (C=O) groups excluding carboxylic acids is 1. The topological polar surface area (TPSA) is 115 Å². The number of rotatable bonds is 7. The lowest BCUT2D eigenvalue weighted by Gasteiger charge is -2.32. The molecule has 7 heteroatoms. The smallest absolute Gasteiger partial charge is 0.244 e. The Morgan fingerprint density at radius 1 is 0.967 bits per heavy atom. The normalized spacial score (nSPS) is 12.9. The highest BCUT2D eigenvalue weighted by Crippen LogP contribution is 2.37. The van der Waals surface area contributed by atoms with Gasteiger partial charge in [0.05, 0.1) is 0 Å². The lowest BCUT2D eigenvalue weighted by molar-refractivity contribution is -0.119. The van der Waals surface area contributed by atoms with Gasteiger partial charge in [0.15, 0.2) is 11.5 Å².